The second kappa shape index (κ2) is 6.54. The molecule has 1 aromatic carbocycles. The SMILES string of the molecule is Cc1nn(-c2ccccc2)c(C)c1C(=O)N1CCC(CO)CC1. The van der Waals surface area contributed by atoms with E-state index in [2.05, 4.69) is 5.10 Å². The zero-order chi connectivity index (χ0) is 16.4. The minimum absolute atomic E-state index is 0.0542. The third kappa shape index (κ3) is 3.01. The highest BCUT2D eigenvalue weighted by Crippen LogP contribution is 2.23. The van der Waals surface area contributed by atoms with E-state index >= 15 is 0 Å². The topological polar surface area (TPSA) is 58.4 Å². The molecule has 122 valence electrons. The van der Waals surface area contributed by atoms with Gasteiger partial charge in [-0.25, -0.2) is 4.68 Å². The summed E-state index contributed by atoms with van der Waals surface area (Å²) in [5, 5.41) is 13.8. The predicted octanol–water partition coefficient (Wildman–Crippen LogP) is 2.33. The van der Waals surface area contributed by atoms with Crippen molar-refractivity contribution in [2.45, 2.75) is 26.7 Å². The van der Waals surface area contributed by atoms with Gasteiger partial charge in [-0.3, -0.25) is 4.79 Å². The van der Waals surface area contributed by atoms with E-state index < -0.39 is 0 Å². The monoisotopic (exact) mass is 313 g/mol. The van der Waals surface area contributed by atoms with E-state index in [0.717, 1.165) is 29.9 Å². The van der Waals surface area contributed by atoms with E-state index in [4.69, 9.17) is 0 Å². The van der Waals surface area contributed by atoms with Gasteiger partial charge in [0.1, 0.15) is 0 Å². The molecule has 1 aromatic heterocycles. The van der Waals surface area contributed by atoms with E-state index in [1.165, 1.54) is 0 Å². The molecule has 2 aromatic rings. The van der Waals surface area contributed by atoms with Gasteiger partial charge in [0.15, 0.2) is 0 Å². The number of hydrogen-bond donors (Lipinski definition) is 1. The number of piperidine rings is 1. The number of carbonyl (C=O) groups excluding carboxylic acids is 1. The van der Waals surface area contributed by atoms with Gasteiger partial charge in [-0.2, -0.15) is 5.10 Å². The number of aliphatic hydroxyl groups is 1. The summed E-state index contributed by atoms with van der Waals surface area (Å²) in [7, 11) is 0. The fraction of sp³-hybridized carbons (Fsp3) is 0.444. The van der Waals surface area contributed by atoms with Crippen molar-refractivity contribution in [1.29, 1.82) is 0 Å². The van der Waals surface area contributed by atoms with Crippen LogP contribution in [0, 0.1) is 19.8 Å². The van der Waals surface area contributed by atoms with Gasteiger partial charge in [0, 0.05) is 19.7 Å². The number of rotatable bonds is 3. The average molecular weight is 313 g/mol. The van der Waals surface area contributed by atoms with Gasteiger partial charge in [-0.1, -0.05) is 18.2 Å². The highest BCUT2D eigenvalue weighted by molar-refractivity contribution is 5.96. The van der Waals surface area contributed by atoms with E-state index in [1.54, 1.807) is 0 Å². The molecule has 0 bridgehead atoms. The molecule has 3 rings (SSSR count). The molecule has 1 fully saturated rings. The molecule has 1 saturated heterocycles. The van der Waals surface area contributed by atoms with Gasteiger partial charge in [0.05, 0.1) is 22.6 Å². The summed E-state index contributed by atoms with van der Waals surface area (Å²) in [6.07, 6.45) is 1.74. The van der Waals surface area contributed by atoms with Crippen LogP contribution in [0.2, 0.25) is 0 Å². The van der Waals surface area contributed by atoms with E-state index in [0.29, 0.717) is 24.6 Å². The summed E-state index contributed by atoms with van der Waals surface area (Å²) < 4.78 is 1.84. The highest BCUT2D eigenvalue weighted by Gasteiger charge is 2.27. The molecule has 1 aliphatic heterocycles. The maximum Gasteiger partial charge on any atom is 0.257 e. The van der Waals surface area contributed by atoms with Gasteiger partial charge < -0.3 is 10.0 Å². The fourth-order valence-electron chi connectivity index (χ4n) is 3.25. The first-order chi connectivity index (χ1) is 11.1. The number of carbonyl (C=O) groups is 1. The van der Waals surface area contributed by atoms with E-state index in [-0.39, 0.29) is 12.5 Å². The first-order valence-electron chi connectivity index (χ1n) is 8.13. The number of likely N-dealkylation sites (tertiary alicyclic amines) is 1. The fourth-order valence-corrected chi connectivity index (χ4v) is 3.25. The molecule has 0 saturated carbocycles. The second-order valence-corrected chi connectivity index (χ2v) is 6.21. The first kappa shape index (κ1) is 15.7. The zero-order valence-electron chi connectivity index (χ0n) is 13.7. The molecule has 1 amide bonds. The maximum absolute atomic E-state index is 12.9. The molecule has 5 nitrogen and oxygen atoms in total. The van der Waals surface area contributed by atoms with Crippen molar-refractivity contribution < 1.29 is 9.90 Å². The van der Waals surface area contributed by atoms with Gasteiger partial charge in [-0.05, 0) is 44.7 Å². The van der Waals surface area contributed by atoms with Crippen LogP contribution in [0.15, 0.2) is 30.3 Å². The Morgan fingerprint density at radius 2 is 1.87 bits per heavy atom. The Morgan fingerprint density at radius 3 is 2.48 bits per heavy atom. The maximum atomic E-state index is 12.9. The number of hydrogen-bond acceptors (Lipinski definition) is 3. The Kier molecular flexibility index (Phi) is 4.48. The molecule has 0 aliphatic carbocycles. The molecular formula is C18H23N3O2. The number of nitrogens with zero attached hydrogens (tertiary/aromatic N) is 3. The van der Waals surface area contributed by atoms with Gasteiger partial charge in [-0.15, -0.1) is 0 Å². The van der Waals surface area contributed by atoms with Crippen molar-refractivity contribution in [2.24, 2.45) is 5.92 Å². The second-order valence-electron chi connectivity index (χ2n) is 6.21. The van der Waals surface area contributed by atoms with Crippen molar-refractivity contribution in [3.63, 3.8) is 0 Å². The summed E-state index contributed by atoms with van der Waals surface area (Å²) in [6.45, 7) is 5.46. The van der Waals surface area contributed by atoms with Crippen LogP contribution in [0.3, 0.4) is 0 Å². The number of aliphatic hydroxyl groups excluding tert-OH is 1. The molecule has 1 aliphatic rings. The number of aryl methyl sites for hydroxylation is 1. The van der Waals surface area contributed by atoms with Crippen LogP contribution in [0.4, 0.5) is 0 Å². The number of amides is 1. The summed E-state index contributed by atoms with van der Waals surface area (Å²) in [5.41, 5.74) is 3.31. The van der Waals surface area contributed by atoms with Crippen LogP contribution < -0.4 is 0 Å². The van der Waals surface area contributed by atoms with Gasteiger partial charge >= 0.3 is 0 Å². The highest BCUT2D eigenvalue weighted by atomic mass is 16.3. The molecule has 0 unspecified atom stereocenters. The average Bonchev–Trinajstić information content (AvgIpc) is 2.89. The Hall–Kier alpha value is -2.14. The predicted molar refractivity (Wildman–Crippen MR) is 88.8 cm³/mol. The zero-order valence-corrected chi connectivity index (χ0v) is 13.7. The lowest BCUT2D eigenvalue weighted by Crippen LogP contribution is -2.39. The Morgan fingerprint density at radius 1 is 1.22 bits per heavy atom. The summed E-state index contributed by atoms with van der Waals surface area (Å²) in [5.74, 6) is 0.381. The molecule has 0 spiro atoms. The third-order valence-corrected chi connectivity index (χ3v) is 4.67. The van der Waals surface area contributed by atoms with Crippen LogP contribution >= 0.6 is 0 Å². The number of benzene rings is 1. The van der Waals surface area contributed by atoms with Crippen molar-refractivity contribution in [3.8, 4) is 5.69 Å². The van der Waals surface area contributed by atoms with Gasteiger partial charge in [0.2, 0.25) is 0 Å². The lowest BCUT2D eigenvalue weighted by molar-refractivity contribution is 0.0649. The van der Waals surface area contributed by atoms with Crippen LogP contribution in [0.1, 0.15) is 34.6 Å². The summed E-state index contributed by atoms with van der Waals surface area (Å²) in [4.78, 5) is 14.8. The van der Waals surface area contributed by atoms with Crippen molar-refractivity contribution >= 4 is 5.91 Å². The number of para-hydroxylation sites is 1. The van der Waals surface area contributed by atoms with Crippen molar-refractivity contribution in [3.05, 3.63) is 47.3 Å². The molecule has 1 N–H and O–H groups in total. The molecule has 0 atom stereocenters. The van der Waals surface area contributed by atoms with Crippen LogP contribution in [-0.2, 0) is 0 Å². The van der Waals surface area contributed by atoms with Crippen LogP contribution in [0.25, 0.3) is 5.69 Å². The van der Waals surface area contributed by atoms with Gasteiger partial charge in [0.25, 0.3) is 5.91 Å². The summed E-state index contributed by atoms with van der Waals surface area (Å²) >= 11 is 0. The Bertz CT molecular complexity index is 686. The van der Waals surface area contributed by atoms with Crippen molar-refractivity contribution in [2.75, 3.05) is 19.7 Å². The minimum atomic E-state index is 0.0542. The normalized spacial score (nSPS) is 15.9. The standard InChI is InChI=1S/C18H23N3O2/c1-13-17(18(23)20-10-8-15(12-22)9-11-20)14(2)21(19-13)16-6-4-3-5-7-16/h3-7,15,22H,8-12H2,1-2H3. The van der Waals surface area contributed by atoms with E-state index in [1.807, 2.05) is 53.8 Å². The minimum Gasteiger partial charge on any atom is -0.396 e. The molecule has 2 heterocycles. The molecule has 0 radical (unpaired) electrons. The Labute approximate surface area is 136 Å². The number of aromatic nitrogens is 2. The summed E-state index contributed by atoms with van der Waals surface area (Å²) in [6, 6.07) is 9.87. The molecule has 23 heavy (non-hydrogen) atoms. The lowest BCUT2D eigenvalue weighted by Gasteiger charge is -2.31. The Balaban J connectivity index is 1.86. The lowest BCUT2D eigenvalue weighted by atomic mass is 9.97. The molecular weight excluding hydrogens is 290 g/mol. The quantitative estimate of drug-likeness (QED) is 0.946. The third-order valence-electron chi connectivity index (χ3n) is 4.67. The largest absolute Gasteiger partial charge is 0.396 e. The van der Waals surface area contributed by atoms with E-state index in [9.17, 15) is 9.90 Å². The molecule has 5 heteroatoms. The first-order valence-corrected chi connectivity index (χ1v) is 8.13. The van der Waals surface area contributed by atoms with Crippen LogP contribution in [0.5, 0.6) is 0 Å². The smallest absolute Gasteiger partial charge is 0.257 e. The van der Waals surface area contributed by atoms with Crippen molar-refractivity contribution in [1.82, 2.24) is 14.7 Å². The van der Waals surface area contributed by atoms with Crippen LogP contribution in [-0.4, -0.2) is 45.4 Å².